The van der Waals surface area contributed by atoms with E-state index in [-0.39, 0.29) is 39.9 Å². The predicted molar refractivity (Wildman–Crippen MR) is 99.0 cm³/mol. The van der Waals surface area contributed by atoms with Crippen molar-refractivity contribution in [2.45, 2.75) is 17.7 Å². The summed E-state index contributed by atoms with van der Waals surface area (Å²) in [5, 5.41) is 2.95. The van der Waals surface area contributed by atoms with E-state index >= 15 is 0 Å². The smallest absolute Gasteiger partial charge is 0.246 e. The van der Waals surface area contributed by atoms with Crippen LogP contribution in [0, 0.1) is 5.92 Å². The summed E-state index contributed by atoms with van der Waals surface area (Å²) in [6, 6.07) is 4.58. The summed E-state index contributed by atoms with van der Waals surface area (Å²) in [6.45, 7) is 4.50. The number of nitrogens with zero attached hydrogens (tertiary/aromatic N) is 1. The van der Waals surface area contributed by atoms with Crippen LogP contribution in [-0.4, -0.2) is 38.3 Å². The van der Waals surface area contributed by atoms with Crippen molar-refractivity contribution in [1.82, 2.24) is 9.62 Å². The normalized spacial score (nSPS) is 16.8. The number of benzene rings is 1. The molecule has 1 aliphatic heterocycles. The van der Waals surface area contributed by atoms with E-state index in [0.29, 0.717) is 23.9 Å². The highest BCUT2D eigenvalue weighted by molar-refractivity contribution is 9.11. The Kier molecular flexibility index (Phi) is 6.73. The molecule has 1 saturated heterocycles. The number of carbonyl (C=O) groups excluding carboxylic acids is 1. The van der Waals surface area contributed by atoms with Gasteiger partial charge in [0.1, 0.15) is 4.90 Å². The molecule has 9 heteroatoms. The minimum absolute atomic E-state index is 0.0770. The Morgan fingerprint density at radius 1 is 1.29 bits per heavy atom. The van der Waals surface area contributed by atoms with Crippen molar-refractivity contribution in [3.05, 3.63) is 39.3 Å². The van der Waals surface area contributed by atoms with Crippen LogP contribution >= 0.6 is 39.1 Å². The Labute approximate surface area is 160 Å². The minimum Gasteiger partial charge on any atom is -0.351 e. The number of amides is 1. The van der Waals surface area contributed by atoms with Crippen LogP contribution in [0.4, 0.5) is 0 Å². The lowest BCUT2D eigenvalue weighted by Crippen LogP contribution is -2.43. The molecule has 5 nitrogen and oxygen atoms in total. The highest BCUT2D eigenvalue weighted by atomic mass is 79.9. The number of rotatable bonds is 5. The summed E-state index contributed by atoms with van der Waals surface area (Å²) in [7, 11) is -3.78. The van der Waals surface area contributed by atoms with Crippen molar-refractivity contribution in [2.24, 2.45) is 5.92 Å². The lowest BCUT2D eigenvalue weighted by Gasteiger charge is -2.31. The zero-order valence-electron chi connectivity index (χ0n) is 12.8. The molecule has 1 aliphatic rings. The van der Waals surface area contributed by atoms with Gasteiger partial charge in [0.15, 0.2) is 0 Å². The van der Waals surface area contributed by atoms with Gasteiger partial charge in [0.25, 0.3) is 0 Å². The molecule has 1 amide bonds. The second-order valence-electron chi connectivity index (χ2n) is 5.46. The van der Waals surface area contributed by atoms with E-state index in [0.717, 1.165) is 0 Å². The Balaban J connectivity index is 2.06. The molecular formula is C15H17BrCl2N2O3S. The van der Waals surface area contributed by atoms with Crippen LogP contribution in [0.1, 0.15) is 12.8 Å². The maximum absolute atomic E-state index is 12.8. The maximum atomic E-state index is 12.8. The van der Waals surface area contributed by atoms with E-state index in [1.807, 2.05) is 0 Å². The van der Waals surface area contributed by atoms with E-state index in [1.54, 1.807) is 6.07 Å². The largest absolute Gasteiger partial charge is 0.351 e. The average Bonchev–Trinajstić information content (AvgIpc) is 2.52. The van der Waals surface area contributed by atoms with Gasteiger partial charge in [0.2, 0.25) is 15.9 Å². The zero-order chi connectivity index (χ0) is 17.9. The molecule has 1 aromatic rings. The van der Waals surface area contributed by atoms with Gasteiger partial charge in [-0.1, -0.05) is 51.8 Å². The Bertz CT molecular complexity index is 727. The van der Waals surface area contributed by atoms with Crippen molar-refractivity contribution in [2.75, 3.05) is 19.6 Å². The number of hydrogen-bond donors (Lipinski definition) is 1. The summed E-state index contributed by atoms with van der Waals surface area (Å²) in [4.78, 5) is 12.0. The molecule has 0 atom stereocenters. The quantitative estimate of drug-likeness (QED) is 0.739. The summed E-state index contributed by atoms with van der Waals surface area (Å²) in [6.07, 6.45) is 0.893. The van der Waals surface area contributed by atoms with E-state index in [4.69, 9.17) is 23.2 Å². The fourth-order valence-electron chi connectivity index (χ4n) is 2.54. The standard InChI is InChI=1S/C15H17BrCl2N2O3S/c1-10(16)9-19-15(21)11-5-7-20(8-6-11)24(22,23)14-12(17)3-2-4-13(14)18/h2-4,11H,1,5-9H2,(H,19,21). The van der Waals surface area contributed by atoms with Gasteiger partial charge >= 0.3 is 0 Å². The second kappa shape index (κ2) is 8.19. The van der Waals surface area contributed by atoms with E-state index in [1.165, 1.54) is 16.4 Å². The first kappa shape index (κ1) is 19.7. The first-order chi connectivity index (χ1) is 11.2. The number of halogens is 3. The molecule has 1 aromatic carbocycles. The van der Waals surface area contributed by atoms with Gasteiger partial charge in [0, 0.05) is 30.0 Å². The molecule has 0 aliphatic carbocycles. The fourth-order valence-corrected chi connectivity index (χ4v) is 5.25. The first-order valence-electron chi connectivity index (χ1n) is 7.28. The highest BCUT2D eigenvalue weighted by Crippen LogP contribution is 2.33. The molecule has 0 saturated carbocycles. The van der Waals surface area contributed by atoms with E-state index in [2.05, 4.69) is 27.8 Å². The van der Waals surface area contributed by atoms with Gasteiger partial charge in [-0.05, 0) is 25.0 Å². The van der Waals surface area contributed by atoms with Gasteiger partial charge in [-0.3, -0.25) is 4.79 Å². The van der Waals surface area contributed by atoms with Gasteiger partial charge in [-0.2, -0.15) is 4.31 Å². The van der Waals surface area contributed by atoms with Crippen molar-refractivity contribution >= 4 is 55.1 Å². The van der Waals surface area contributed by atoms with Crippen LogP contribution in [-0.2, 0) is 14.8 Å². The number of carbonyl (C=O) groups is 1. The van der Waals surface area contributed by atoms with Crippen molar-refractivity contribution in [3.63, 3.8) is 0 Å². The van der Waals surface area contributed by atoms with Gasteiger partial charge < -0.3 is 5.32 Å². The van der Waals surface area contributed by atoms with Crippen LogP contribution < -0.4 is 5.32 Å². The van der Waals surface area contributed by atoms with Crippen molar-refractivity contribution in [3.8, 4) is 0 Å². The van der Waals surface area contributed by atoms with E-state index < -0.39 is 10.0 Å². The Morgan fingerprint density at radius 2 is 1.83 bits per heavy atom. The van der Waals surface area contributed by atoms with Gasteiger partial charge in [-0.15, -0.1) is 0 Å². The third kappa shape index (κ3) is 4.52. The van der Waals surface area contributed by atoms with Crippen molar-refractivity contribution in [1.29, 1.82) is 0 Å². The molecule has 0 radical (unpaired) electrons. The third-order valence-corrected chi connectivity index (χ3v) is 6.93. The molecule has 1 heterocycles. The van der Waals surface area contributed by atoms with Crippen LogP contribution in [0.25, 0.3) is 0 Å². The molecule has 1 fully saturated rings. The van der Waals surface area contributed by atoms with E-state index in [9.17, 15) is 13.2 Å². The molecule has 0 spiro atoms. The number of nitrogens with one attached hydrogen (secondary N) is 1. The van der Waals surface area contributed by atoms with Gasteiger partial charge in [0.05, 0.1) is 10.0 Å². The fraction of sp³-hybridized carbons (Fsp3) is 0.400. The van der Waals surface area contributed by atoms with Crippen LogP contribution in [0.2, 0.25) is 10.0 Å². The monoisotopic (exact) mass is 454 g/mol. The summed E-state index contributed by atoms with van der Waals surface area (Å²) in [5.74, 6) is -0.312. The zero-order valence-corrected chi connectivity index (χ0v) is 16.7. The maximum Gasteiger partial charge on any atom is 0.246 e. The first-order valence-corrected chi connectivity index (χ1v) is 10.3. The van der Waals surface area contributed by atoms with Crippen LogP contribution in [0.5, 0.6) is 0 Å². The molecule has 2 rings (SSSR count). The molecule has 0 bridgehead atoms. The third-order valence-electron chi connectivity index (χ3n) is 3.80. The minimum atomic E-state index is -3.78. The molecule has 132 valence electrons. The topological polar surface area (TPSA) is 66.5 Å². The van der Waals surface area contributed by atoms with Crippen molar-refractivity contribution < 1.29 is 13.2 Å². The van der Waals surface area contributed by atoms with Gasteiger partial charge in [-0.25, -0.2) is 8.42 Å². The Hall–Kier alpha value is -0.600. The summed E-state index contributed by atoms with van der Waals surface area (Å²) >= 11 is 15.2. The number of hydrogen-bond acceptors (Lipinski definition) is 3. The molecule has 0 unspecified atom stereocenters. The molecule has 0 aromatic heterocycles. The predicted octanol–water partition coefficient (Wildman–Crippen LogP) is 3.42. The lowest BCUT2D eigenvalue weighted by molar-refractivity contribution is -0.125. The number of piperidine rings is 1. The second-order valence-corrected chi connectivity index (χ2v) is 9.27. The Morgan fingerprint density at radius 3 is 2.33 bits per heavy atom. The highest BCUT2D eigenvalue weighted by Gasteiger charge is 2.34. The molecular weight excluding hydrogens is 439 g/mol. The number of sulfonamides is 1. The summed E-state index contributed by atoms with van der Waals surface area (Å²) < 4.78 is 27.5. The lowest BCUT2D eigenvalue weighted by atomic mass is 9.97. The molecule has 1 N–H and O–H groups in total. The summed E-state index contributed by atoms with van der Waals surface area (Å²) in [5.41, 5.74) is 0. The average molecular weight is 456 g/mol. The SMILES string of the molecule is C=C(Br)CNC(=O)C1CCN(S(=O)(=O)c2c(Cl)cccc2Cl)CC1. The van der Waals surface area contributed by atoms with Crippen LogP contribution in [0.3, 0.4) is 0 Å². The van der Waals surface area contributed by atoms with Crippen LogP contribution in [0.15, 0.2) is 34.2 Å². The molecule has 24 heavy (non-hydrogen) atoms.